The molecule has 0 radical (unpaired) electrons. The zero-order valence-electron chi connectivity index (χ0n) is 8.87. The third-order valence-corrected chi connectivity index (χ3v) is 2.24. The molecule has 0 aliphatic carbocycles. The van der Waals surface area contributed by atoms with Crippen molar-refractivity contribution in [1.29, 1.82) is 0 Å². The predicted molar refractivity (Wildman–Crippen MR) is 54.5 cm³/mol. The molecule has 1 aromatic carbocycles. The van der Waals surface area contributed by atoms with Crippen LogP contribution < -0.4 is 5.73 Å². The van der Waals surface area contributed by atoms with Crippen molar-refractivity contribution in [3.63, 3.8) is 0 Å². The molecular weight excluding hydrogens is 216 g/mol. The summed E-state index contributed by atoms with van der Waals surface area (Å²) < 4.78 is 30.6. The van der Waals surface area contributed by atoms with Crippen LogP contribution in [0.2, 0.25) is 0 Å². The maximum absolute atomic E-state index is 13.3. The van der Waals surface area contributed by atoms with Crippen molar-refractivity contribution < 1.29 is 18.3 Å². The van der Waals surface area contributed by atoms with Crippen molar-refractivity contribution in [2.75, 3.05) is 7.11 Å². The highest BCUT2D eigenvalue weighted by molar-refractivity contribution is 5.69. The number of hydrogen-bond donors (Lipinski definition) is 1. The number of methoxy groups -OCH3 is 1. The van der Waals surface area contributed by atoms with Crippen molar-refractivity contribution in [1.82, 2.24) is 0 Å². The molecule has 0 bridgehead atoms. The average molecular weight is 229 g/mol. The monoisotopic (exact) mass is 229 g/mol. The Morgan fingerprint density at radius 3 is 2.81 bits per heavy atom. The van der Waals surface area contributed by atoms with Gasteiger partial charge in [-0.25, -0.2) is 8.78 Å². The molecule has 0 aliphatic heterocycles. The Hall–Kier alpha value is -1.49. The molecule has 0 fully saturated rings. The van der Waals surface area contributed by atoms with Gasteiger partial charge in [0.15, 0.2) is 0 Å². The number of esters is 1. The third kappa shape index (κ3) is 3.27. The molecule has 0 heterocycles. The van der Waals surface area contributed by atoms with Gasteiger partial charge in [0.1, 0.15) is 11.6 Å². The van der Waals surface area contributed by atoms with E-state index in [-0.39, 0.29) is 18.4 Å². The summed E-state index contributed by atoms with van der Waals surface area (Å²) in [5, 5.41) is 0. The van der Waals surface area contributed by atoms with Gasteiger partial charge in [0, 0.05) is 18.0 Å². The van der Waals surface area contributed by atoms with Gasteiger partial charge in [0.05, 0.1) is 7.11 Å². The Morgan fingerprint density at radius 2 is 2.19 bits per heavy atom. The normalized spacial score (nSPS) is 12.2. The number of nitrogens with two attached hydrogens (primary N) is 1. The van der Waals surface area contributed by atoms with Crippen LogP contribution >= 0.6 is 0 Å². The Bertz CT molecular complexity index is 382. The minimum Gasteiger partial charge on any atom is -0.469 e. The minimum atomic E-state index is -0.713. The van der Waals surface area contributed by atoms with E-state index < -0.39 is 23.6 Å². The van der Waals surface area contributed by atoms with E-state index in [2.05, 4.69) is 4.74 Å². The topological polar surface area (TPSA) is 52.3 Å². The largest absolute Gasteiger partial charge is 0.469 e. The third-order valence-electron chi connectivity index (χ3n) is 2.24. The quantitative estimate of drug-likeness (QED) is 0.802. The van der Waals surface area contributed by atoms with Crippen molar-refractivity contribution >= 4 is 5.97 Å². The van der Waals surface area contributed by atoms with E-state index in [1.165, 1.54) is 7.11 Å². The summed E-state index contributed by atoms with van der Waals surface area (Å²) in [5.41, 5.74) is 5.73. The summed E-state index contributed by atoms with van der Waals surface area (Å²) in [6, 6.07) is 2.36. The van der Waals surface area contributed by atoms with Crippen molar-refractivity contribution in [2.24, 2.45) is 5.73 Å². The van der Waals surface area contributed by atoms with E-state index in [1.807, 2.05) is 0 Å². The lowest BCUT2D eigenvalue weighted by molar-refractivity contribution is -0.140. The number of carbonyl (C=O) groups is 1. The summed E-state index contributed by atoms with van der Waals surface area (Å²) in [6.07, 6.45) is 0.292. The Morgan fingerprint density at radius 1 is 1.50 bits per heavy atom. The molecule has 0 saturated heterocycles. The number of ether oxygens (including phenoxy) is 1. The first kappa shape index (κ1) is 12.6. The Balaban J connectivity index is 2.68. The smallest absolute Gasteiger partial charge is 0.305 e. The maximum atomic E-state index is 13.3. The van der Waals surface area contributed by atoms with Crippen LogP contribution in [0.15, 0.2) is 18.2 Å². The van der Waals surface area contributed by atoms with Crippen LogP contribution in [0.5, 0.6) is 0 Å². The fourth-order valence-corrected chi connectivity index (χ4v) is 1.33. The molecule has 2 N–H and O–H groups in total. The summed E-state index contributed by atoms with van der Waals surface area (Å²) in [5.74, 6) is -1.55. The van der Waals surface area contributed by atoms with Gasteiger partial charge < -0.3 is 10.5 Å². The molecule has 0 saturated carbocycles. The highest BCUT2D eigenvalue weighted by atomic mass is 19.1. The van der Waals surface area contributed by atoms with Gasteiger partial charge in [0.2, 0.25) is 0 Å². The summed E-state index contributed by atoms with van der Waals surface area (Å²) in [6.45, 7) is 0. The van der Waals surface area contributed by atoms with E-state index in [4.69, 9.17) is 5.73 Å². The molecule has 0 amide bonds. The molecule has 1 atom stereocenters. The second-order valence-electron chi connectivity index (χ2n) is 3.39. The summed E-state index contributed by atoms with van der Waals surface area (Å²) in [7, 11) is 1.26. The lowest BCUT2D eigenvalue weighted by Gasteiger charge is -2.12. The van der Waals surface area contributed by atoms with E-state index in [1.54, 1.807) is 0 Å². The zero-order chi connectivity index (χ0) is 12.1. The fourth-order valence-electron chi connectivity index (χ4n) is 1.33. The van der Waals surface area contributed by atoms with Gasteiger partial charge in [-0.3, -0.25) is 4.79 Å². The molecule has 1 rings (SSSR count). The highest BCUT2D eigenvalue weighted by Gasteiger charge is 2.14. The lowest BCUT2D eigenvalue weighted by atomic mass is 10.0. The Kier molecular flexibility index (Phi) is 4.37. The van der Waals surface area contributed by atoms with E-state index in [9.17, 15) is 13.6 Å². The molecule has 0 aliphatic rings. The summed E-state index contributed by atoms with van der Waals surface area (Å²) in [4.78, 5) is 10.9. The van der Waals surface area contributed by atoms with E-state index in [0.29, 0.717) is 0 Å². The van der Waals surface area contributed by atoms with Crippen LogP contribution in [0, 0.1) is 11.6 Å². The van der Waals surface area contributed by atoms with Crippen LogP contribution in [0.25, 0.3) is 0 Å². The van der Waals surface area contributed by atoms with Crippen LogP contribution in [0.3, 0.4) is 0 Å². The van der Waals surface area contributed by atoms with Gasteiger partial charge in [-0.1, -0.05) is 0 Å². The van der Waals surface area contributed by atoms with Gasteiger partial charge >= 0.3 is 5.97 Å². The number of rotatable bonds is 4. The first-order chi connectivity index (χ1) is 7.54. The number of halogens is 2. The minimum absolute atomic E-state index is 0.0731. The SMILES string of the molecule is COC(=O)CCC(N)c1cc(F)ccc1F. The van der Waals surface area contributed by atoms with Crippen LogP contribution in [-0.4, -0.2) is 13.1 Å². The maximum Gasteiger partial charge on any atom is 0.305 e. The highest BCUT2D eigenvalue weighted by Crippen LogP contribution is 2.20. The molecule has 16 heavy (non-hydrogen) atoms. The standard InChI is InChI=1S/C11H13F2NO2/c1-16-11(15)5-4-10(14)8-6-7(12)2-3-9(8)13/h2-3,6,10H,4-5,14H2,1H3. The number of benzene rings is 1. The first-order valence-corrected chi connectivity index (χ1v) is 4.82. The summed E-state index contributed by atoms with van der Waals surface area (Å²) >= 11 is 0. The van der Waals surface area contributed by atoms with Crippen LogP contribution in [-0.2, 0) is 9.53 Å². The molecule has 1 aromatic rings. The predicted octanol–water partition coefficient (Wildman–Crippen LogP) is 1.92. The molecule has 5 heteroatoms. The average Bonchev–Trinajstić information content (AvgIpc) is 2.28. The van der Waals surface area contributed by atoms with Crippen molar-refractivity contribution in [3.8, 4) is 0 Å². The fraction of sp³-hybridized carbons (Fsp3) is 0.364. The second kappa shape index (κ2) is 5.55. The molecule has 1 unspecified atom stereocenters. The second-order valence-corrected chi connectivity index (χ2v) is 3.39. The first-order valence-electron chi connectivity index (χ1n) is 4.82. The van der Waals surface area contributed by atoms with Gasteiger partial charge in [0.25, 0.3) is 0 Å². The van der Waals surface area contributed by atoms with E-state index >= 15 is 0 Å². The van der Waals surface area contributed by atoms with Crippen molar-refractivity contribution in [3.05, 3.63) is 35.4 Å². The molecular formula is C11H13F2NO2. The number of carbonyl (C=O) groups excluding carboxylic acids is 1. The van der Waals surface area contributed by atoms with E-state index in [0.717, 1.165) is 18.2 Å². The molecule has 0 aromatic heterocycles. The molecule has 0 spiro atoms. The van der Waals surface area contributed by atoms with Crippen LogP contribution in [0.4, 0.5) is 8.78 Å². The molecule has 88 valence electrons. The molecule has 3 nitrogen and oxygen atoms in total. The lowest BCUT2D eigenvalue weighted by Crippen LogP contribution is -2.14. The number of hydrogen-bond acceptors (Lipinski definition) is 3. The van der Waals surface area contributed by atoms with Gasteiger partial charge in [-0.2, -0.15) is 0 Å². The van der Waals surface area contributed by atoms with Crippen LogP contribution in [0.1, 0.15) is 24.4 Å². The Labute approximate surface area is 92.2 Å². The zero-order valence-corrected chi connectivity index (χ0v) is 8.87. The van der Waals surface area contributed by atoms with Gasteiger partial charge in [-0.05, 0) is 24.6 Å². The van der Waals surface area contributed by atoms with Gasteiger partial charge in [-0.15, -0.1) is 0 Å². The van der Waals surface area contributed by atoms with Crippen molar-refractivity contribution in [2.45, 2.75) is 18.9 Å².